The van der Waals surface area contributed by atoms with Gasteiger partial charge in [0.1, 0.15) is 11.3 Å². The summed E-state index contributed by atoms with van der Waals surface area (Å²) < 4.78 is 17.0. The maximum Gasteiger partial charge on any atom is 0.222 e. The number of benzene rings is 1. The second-order valence-electron chi connectivity index (χ2n) is 10.1. The molecule has 1 aromatic carbocycles. The number of hydrogen-bond acceptors (Lipinski definition) is 8. The summed E-state index contributed by atoms with van der Waals surface area (Å²) in [7, 11) is 0. The van der Waals surface area contributed by atoms with Crippen LogP contribution < -0.4 is 10.6 Å². The molecule has 1 saturated heterocycles. The van der Waals surface area contributed by atoms with E-state index in [4.69, 9.17) is 5.73 Å². The fourth-order valence-corrected chi connectivity index (χ4v) is 5.12. The van der Waals surface area contributed by atoms with Crippen LogP contribution in [0.4, 0.5) is 16.2 Å². The largest absolute Gasteiger partial charge is 0.395 e. The quantitative estimate of drug-likeness (QED) is 0.426. The molecule has 0 unspecified atom stereocenters. The van der Waals surface area contributed by atoms with Gasteiger partial charge >= 0.3 is 0 Å². The molecule has 0 bridgehead atoms. The van der Waals surface area contributed by atoms with Crippen LogP contribution in [0.5, 0.6) is 0 Å². The number of aliphatic hydroxyl groups is 1. The Bertz CT molecular complexity index is 1260. The Balaban J connectivity index is 1.62. The van der Waals surface area contributed by atoms with Crippen molar-refractivity contribution >= 4 is 22.8 Å². The Morgan fingerprint density at radius 3 is 2.65 bits per heavy atom. The van der Waals surface area contributed by atoms with Crippen LogP contribution in [-0.4, -0.2) is 68.6 Å². The van der Waals surface area contributed by atoms with Crippen LogP contribution in [0.25, 0.3) is 11.0 Å². The van der Waals surface area contributed by atoms with Crippen molar-refractivity contribution in [1.29, 1.82) is 5.26 Å². The van der Waals surface area contributed by atoms with Gasteiger partial charge in [0.25, 0.3) is 0 Å². The van der Waals surface area contributed by atoms with Crippen LogP contribution in [-0.2, 0) is 6.54 Å². The molecule has 1 aliphatic heterocycles. The van der Waals surface area contributed by atoms with Gasteiger partial charge in [-0.3, -0.25) is 4.68 Å². The van der Waals surface area contributed by atoms with Gasteiger partial charge in [0, 0.05) is 24.7 Å². The molecule has 0 aliphatic carbocycles. The number of aromatic nitrogens is 4. The van der Waals surface area contributed by atoms with Gasteiger partial charge in [0.15, 0.2) is 11.3 Å². The summed E-state index contributed by atoms with van der Waals surface area (Å²) in [6.45, 7) is 9.58. The third kappa shape index (κ3) is 6.00. The first-order chi connectivity index (χ1) is 17.8. The molecule has 0 amide bonds. The maximum absolute atomic E-state index is 15.4. The first kappa shape index (κ1) is 26.8. The predicted molar refractivity (Wildman–Crippen MR) is 143 cm³/mol. The number of likely N-dealkylation sites (tertiary alicyclic amines) is 1. The maximum atomic E-state index is 15.4. The smallest absolute Gasteiger partial charge is 0.222 e. The monoisotopic (exact) mass is 508 g/mol. The van der Waals surface area contributed by atoms with Gasteiger partial charge in [-0.2, -0.15) is 15.3 Å². The normalized spacial score (nSPS) is 14.9. The molecule has 0 spiro atoms. The number of anilines is 2. The van der Waals surface area contributed by atoms with E-state index < -0.39 is 5.82 Å². The molecule has 1 aliphatic rings. The molecule has 3 heterocycles. The lowest BCUT2D eigenvalue weighted by molar-refractivity contribution is 0.172. The summed E-state index contributed by atoms with van der Waals surface area (Å²) in [5.74, 6) is 0.515. The van der Waals surface area contributed by atoms with E-state index >= 15 is 4.39 Å². The molecule has 10 heteroatoms. The molecule has 4 rings (SSSR count). The average Bonchev–Trinajstić information content (AvgIpc) is 3.29. The van der Waals surface area contributed by atoms with Crippen LogP contribution >= 0.6 is 0 Å². The van der Waals surface area contributed by atoms with Crippen molar-refractivity contribution in [1.82, 2.24) is 24.6 Å². The van der Waals surface area contributed by atoms with Crippen molar-refractivity contribution in [2.24, 2.45) is 0 Å². The number of nitrogen functional groups attached to an aromatic ring is 1. The van der Waals surface area contributed by atoms with E-state index in [0.29, 0.717) is 47.1 Å². The fourth-order valence-electron chi connectivity index (χ4n) is 5.12. The second kappa shape index (κ2) is 11.8. The highest BCUT2D eigenvalue weighted by Crippen LogP contribution is 2.32. The van der Waals surface area contributed by atoms with E-state index in [0.717, 1.165) is 44.3 Å². The van der Waals surface area contributed by atoms with Gasteiger partial charge in [-0.05, 0) is 69.8 Å². The van der Waals surface area contributed by atoms with Crippen molar-refractivity contribution in [2.75, 3.05) is 43.4 Å². The molecule has 0 saturated carbocycles. The van der Waals surface area contributed by atoms with E-state index in [2.05, 4.69) is 46.8 Å². The lowest BCUT2D eigenvalue weighted by Gasteiger charge is -2.35. The first-order valence-corrected chi connectivity index (χ1v) is 13.2. The molecule has 0 atom stereocenters. The van der Waals surface area contributed by atoms with Gasteiger partial charge in [-0.1, -0.05) is 13.3 Å². The van der Waals surface area contributed by atoms with Crippen LogP contribution in [0, 0.1) is 17.1 Å². The van der Waals surface area contributed by atoms with Gasteiger partial charge in [-0.15, -0.1) is 0 Å². The van der Waals surface area contributed by atoms with Crippen LogP contribution in [0.3, 0.4) is 0 Å². The number of unbranched alkanes of at least 4 members (excludes halogenated alkanes) is 1. The second-order valence-corrected chi connectivity index (χ2v) is 10.1. The number of piperidine rings is 1. The lowest BCUT2D eigenvalue weighted by atomic mass is 9.87. The van der Waals surface area contributed by atoms with Gasteiger partial charge in [0.2, 0.25) is 5.95 Å². The van der Waals surface area contributed by atoms with Gasteiger partial charge in [0.05, 0.1) is 31.0 Å². The van der Waals surface area contributed by atoms with Crippen molar-refractivity contribution in [2.45, 2.75) is 65.0 Å². The zero-order chi connectivity index (χ0) is 26.5. The minimum atomic E-state index is -0.393. The molecular weight excluding hydrogens is 471 g/mol. The predicted octanol–water partition coefficient (Wildman–Crippen LogP) is 3.65. The van der Waals surface area contributed by atoms with E-state index in [1.807, 2.05) is 11.0 Å². The standard InChI is InChI=1S/C27H37FN8O/c1-4-5-8-35(11-12-37)26-25-24(31-27(30)32-26)17-36(33-25)16-22-21(15-29)13-20(14-23(22)28)19-6-9-34(10-7-19)18(2)3/h13-14,17-19,37H,4-12,16H2,1-3H3,(H2,30,31). The highest BCUT2D eigenvalue weighted by Gasteiger charge is 2.24. The number of rotatable bonds is 10. The minimum Gasteiger partial charge on any atom is -0.395 e. The molecule has 3 N–H and O–H groups in total. The van der Waals surface area contributed by atoms with E-state index in [1.165, 1.54) is 0 Å². The Kier molecular flexibility index (Phi) is 8.56. The number of nitriles is 1. The average molecular weight is 509 g/mol. The molecule has 9 nitrogen and oxygen atoms in total. The zero-order valence-corrected chi connectivity index (χ0v) is 22.0. The number of halogens is 1. The van der Waals surface area contributed by atoms with Crippen LogP contribution in [0.2, 0.25) is 0 Å². The summed E-state index contributed by atoms with van der Waals surface area (Å²) in [6.07, 6.45) is 5.52. The number of hydrogen-bond donors (Lipinski definition) is 2. The van der Waals surface area contributed by atoms with Crippen molar-refractivity contribution in [3.8, 4) is 6.07 Å². The molecule has 198 valence electrons. The Labute approximate surface area is 217 Å². The minimum absolute atomic E-state index is 0.0323. The fraction of sp³-hybridized carbons (Fsp3) is 0.556. The Morgan fingerprint density at radius 2 is 2.00 bits per heavy atom. The topological polar surface area (TPSA) is 120 Å². The van der Waals surface area contributed by atoms with E-state index in [1.54, 1.807) is 16.9 Å². The van der Waals surface area contributed by atoms with Gasteiger partial charge in [-0.25, -0.2) is 9.37 Å². The van der Waals surface area contributed by atoms with Crippen LogP contribution in [0.1, 0.15) is 69.1 Å². The molecule has 1 fully saturated rings. The molecular formula is C27H37FN8O. The molecule has 0 radical (unpaired) electrons. The molecule has 37 heavy (non-hydrogen) atoms. The summed E-state index contributed by atoms with van der Waals surface area (Å²) >= 11 is 0. The third-order valence-electron chi connectivity index (χ3n) is 7.25. The highest BCUT2D eigenvalue weighted by molar-refractivity contribution is 5.86. The lowest BCUT2D eigenvalue weighted by Crippen LogP contribution is -2.37. The van der Waals surface area contributed by atoms with Gasteiger partial charge < -0.3 is 20.6 Å². The highest BCUT2D eigenvalue weighted by atomic mass is 19.1. The van der Waals surface area contributed by atoms with Crippen LogP contribution in [0.15, 0.2) is 18.3 Å². The third-order valence-corrected chi connectivity index (χ3v) is 7.25. The summed E-state index contributed by atoms with van der Waals surface area (Å²) in [4.78, 5) is 13.1. The zero-order valence-electron chi connectivity index (χ0n) is 22.0. The summed E-state index contributed by atoms with van der Waals surface area (Å²) in [5, 5.41) is 24.1. The molecule has 2 aromatic heterocycles. The number of fused-ring (bicyclic) bond motifs is 1. The number of aliphatic hydroxyl groups excluding tert-OH is 1. The first-order valence-electron chi connectivity index (χ1n) is 13.2. The Hall–Kier alpha value is -3.29. The molecule has 3 aromatic rings. The van der Waals surface area contributed by atoms with Crippen molar-refractivity contribution in [3.05, 3.63) is 40.8 Å². The van der Waals surface area contributed by atoms with Crippen molar-refractivity contribution in [3.63, 3.8) is 0 Å². The van der Waals surface area contributed by atoms with Crippen molar-refractivity contribution < 1.29 is 9.50 Å². The SMILES string of the molecule is CCCCN(CCO)c1nc(N)nc2cn(Cc3c(F)cc(C4CCN(C(C)C)CC4)cc3C#N)nc12. The number of nitrogens with two attached hydrogens (primary N) is 1. The van der Waals surface area contributed by atoms with E-state index in [9.17, 15) is 10.4 Å². The number of nitrogens with zero attached hydrogens (tertiary/aromatic N) is 7. The summed E-state index contributed by atoms with van der Waals surface area (Å²) in [5.41, 5.74) is 8.57. The van der Waals surface area contributed by atoms with E-state index in [-0.39, 0.29) is 25.0 Å². The summed E-state index contributed by atoms with van der Waals surface area (Å²) in [6, 6.07) is 6.13. The Morgan fingerprint density at radius 1 is 1.24 bits per heavy atom.